The largest absolute Gasteiger partial charge is 0.467 e. The normalized spacial score (nSPS) is 10.6. The van der Waals surface area contributed by atoms with Gasteiger partial charge in [-0.15, -0.1) is 0 Å². The van der Waals surface area contributed by atoms with Crippen molar-refractivity contribution in [2.45, 2.75) is 13.0 Å². The summed E-state index contributed by atoms with van der Waals surface area (Å²) < 4.78 is 11.3. The second kappa shape index (κ2) is 8.22. The van der Waals surface area contributed by atoms with E-state index in [0.29, 0.717) is 30.3 Å². The van der Waals surface area contributed by atoms with E-state index in [9.17, 15) is 4.79 Å². The molecule has 0 spiro atoms. The first kappa shape index (κ1) is 16.1. The minimum atomic E-state index is -0.143. The summed E-state index contributed by atoms with van der Waals surface area (Å²) in [5.41, 5.74) is 0.541. The first-order valence-electron chi connectivity index (χ1n) is 6.50. The van der Waals surface area contributed by atoms with Crippen LogP contribution in [0, 0.1) is 0 Å². The van der Waals surface area contributed by atoms with Crippen LogP contribution >= 0.6 is 27.5 Å². The molecule has 4 nitrogen and oxygen atoms in total. The maximum absolute atomic E-state index is 11.9. The molecule has 1 amide bonds. The highest BCUT2D eigenvalue weighted by Gasteiger charge is 2.07. The van der Waals surface area contributed by atoms with Gasteiger partial charge >= 0.3 is 0 Å². The minimum Gasteiger partial charge on any atom is -0.467 e. The lowest BCUT2D eigenvalue weighted by Gasteiger charge is -2.06. The topological polar surface area (TPSA) is 51.5 Å². The van der Waals surface area contributed by atoms with Gasteiger partial charge in [-0.1, -0.05) is 11.6 Å². The van der Waals surface area contributed by atoms with Crippen LogP contribution in [0.5, 0.6) is 0 Å². The summed E-state index contributed by atoms with van der Waals surface area (Å²) in [5.74, 6) is 0.652. The number of benzene rings is 1. The van der Waals surface area contributed by atoms with Gasteiger partial charge in [0.05, 0.1) is 11.3 Å². The number of ether oxygens (including phenoxy) is 1. The van der Waals surface area contributed by atoms with Gasteiger partial charge in [0.15, 0.2) is 0 Å². The van der Waals surface area contributed by atoms with Crippen molar-refractivity contribution in [2.75, 3.05) is 13.2 Å². The molecule has 1 N–H and O–H groups in total. The molecule has 0 fully saturated rings. The lowest BCUT2D eigenvalue weighted by molar-refractivity contribution is 0.0917. The Morgan fingerprint density at radius 1 is 1.38 bits per heavy atom. The number of furan rings is 1. The molecule has 112 valence electrons. The number of carbonyl (C=O) groups excluding carboxylic acids is 1. The highest BCUT2D eigenvalue weighted by Crippen LogP contribution is 2.23. The minimum absolute atomic E-state index is 0.143. The van der Waals surface area contributed by atoms with Crippen LogP contribution in [-0.4, -0.2) is 19.1 Å². The molecule has 21 heavy (non-hydrogen) atoms. The first-order valence-corrected chi connectivity index (χ1v) is 7.67. The van der Waals surface area contributed by atoms with Gasteiger partial charge in [0.25, 0.3) is 5.91 Å². The summed E-state index contributed by atoms with van der Waals surface area (Å²) in [7, 11) is 0. The summed E-state index contributed by atoms with van der Waals surface area (Å²) in [4.78, 5) is 11.9. The molecule has 1 heterocycles. The lowest BCUT2D eigenvalue weighted by Crippen LogP contribution is -2.25. The molecule has 1 aromatic heterocycles. The predicted molar refractivity (Wildman–Crippen MR) is 84.5 cm³/mol. The fourth-order valence-corrected chi connectivity index (χ4v) is 2.11. The third-order valence-corrected chi connectivity index (χ3v) is 3.99. The number of hydrogen-bond donors (Lipinski definition) is 1. The van der Waals surface area contributed by atoms with Crippen molar-refractivity contribution < 1.29 is 13.9 Å². The Kier molecular flexibility index (Phi) is 6.29. The Bertz CT molecular complexity index is 587. The van der Waals surface area contributed by atoms with Gasteiger partial charge in [-0.2, -0.15) is 0 Å². The van der Waals surface area contributed by atoms with Crippen molar-refractivity contribution in [1.82, 2.24) is 5.32 Å². The van der Waals surface area contributed by atoms with E-state index in [1.807, 2.05) is 12.1 Å². The number of rotatable bonds is 7. The summed E-state index contributed by atoms with van der Waals surface area (Å²) in [6, 6.07) is 8.79. The highest BCUT2D eigenvalue weighted by molar-refractivity contribution is 9.10. The molecule has 0 bridgehead atoms. The lowest BCUT2D eigenvalue weighted by atomic mass is 10.2. The van der Waals surface area contributed by atoms with E-state index < -0.39 is 0 Å². The van der Waals surface area contributed by atoms with Crippen molar-refractivity contribution >= 4 is 33.4 Å². The van der Waals surface area contributed by atoms with E-state index in [2.05, 4.69) is 21.2 Å². The molecule has 0 aliphatic carbocycles. The molecule has 2 aromatic rings. The maximum atomic E-state index is 11.9. The van der Waals surface area contributed by atoms with E-state index in [0.717, 1.165) is 16.7 Å². The third kappa shape index (κ3) is 5.19. The molecule has 0 saturated carbocycles. The number of nitrogens with one attached hydrogen (secondary N) is 1. The van der Waals surface area contributed by atoms with Crippen LogP contribution in [0.1, 0.15) is 22.5 Å². The molecule has 1 aromatic carbocycles. The average Bonchev–Trinajstić information content (AvgIpc) is 2.98. The molecular formula is C15H15BrClNO3. The first-order chi connectivity index (χ1) is 10.2. The van der Waals surface area contributed by atoms with Crippen LogP contribution in [0.4, 0.5) is 0 Å². The van der Waals surface area contributed by atoms with Crippen LogP contribution in [0.25, 0.3) is 0 Å². The number of carbonyl (C=O) groups is 1. The Hall–Kier alpha value is -1.30. The van der Waals surface area contributed by atoms with E-state index in [-0.39, 0.29) is 5.91 Å². The Morgan fingerprint density at radius 2 is 2.24 bits per heavy atom. The quantitative estimate of drug-likeness (QED) is 0.747. The predicted octanol–water partition coefficient (Wildman–Crippen LogP) is 4.03. The van der Waals surface area contributed by atoms with Crippen molar-refractivity contribution in [3.05, 3.63) is 57.4 Å². The summed E-state index contributed by atoms with van der Waals surface area (Å²) in [6.07, 6.45) is 2.35. The van der Waals surface area contributed by atoms with Crippen molar-refractivity contribution in [3.63, 3.8) is 0 Å². The monoisotopic (exact) mass is 371 g/mol. The van der Waals surface area contributed by atoms with Gasteiger partial charge in [0, 0.05) is 23.2 Å². The van der Waals surface area contributed by atoms with Crippen molar-refractivity contribution in [2.24, 2.45) is 0 Å². The van der Waals surface area contributed by atoms with Gasteiger partial charge < -0.3 is 14.5 Å². The van der Waals surface area contributed by atoms with Gasteiger partial charge in [-0.25, -0.2) is 0 Å². The average molecular weight is 373 g/mol. The van der Waals surface area contributed by atoms with E-state index in [4.69, 9.17) is 20.8 Å². The van der Waals surface area contributed by atoms with Crippen molar-refractivity contribution in [1.29, 1.82) is 0 Å². The second-order valence-corrected chi connectivity index (χ2v) is 5.63. The zero-order valence-electron chi connectivity index (χ0n) is 11.3. The van der Waals surface area contributed by atoms with E-state index >= 15 is 0 Å². The van der Waals surface area contributed by atoms with Gasteiger partial charge in [-0.3, -0.25) is 4.79 Å². The summed E-state index contributed by atoms with van der Waals surface area (Å²) >= 11 is 9.24. The molecule has 0 atom stereocenters. The fraction of sp³-hybridized carbons (Fsp3) is 0.267. The van der Waals surface area contributed by atoms with E-state index in [1.165, 1.54) is 0 Å². The fourth-order valence-electron chi connectivity index (χ4n) is 1.68. The Balaban J connectivity index is 1.63. The van der Waals surface area contributed by atoms with E-state index in [1.54, 1.807) is 24.5 Å². The SMILES string of the molecule is O=C(NCCCOCc1ccco1)c1ccc(Br)c(Cl)c1. The molecule has 0 aliphatic rings. The zero-order valence-corrected chi connectivity index (χ0v) is 13.6. The molecule has 6 heteroatoms. The van der Waals surface area contributed by atoms with Crippen LogP contribution in [0.2, 0.25) is 5.02 Å². The number of amides is 1. The zero-order chi connectivity index (χ0) is 15.1. The smallest absolute Gasteiger partial charge is 0.251 e. The highest BCUT2D eigenvalue weighted by atomic mass is 79.9. The van der Waals surface area contributed by atoms with Gasteiger partial charge in [0.2, 0.25) is 0 Å². The standard InChI is InChI=1S/C15H15BrClNO3/c16-13-5-4-11(9-14(13)17)15(19)18-6-2-7-20-10-12-3-1-8-21-12/h1,3-5,8-9H,2,6-7,10H2,(H,18,19). The Labute approximate surface area is 136 Å². The molecule has 2 rings (SSSR count). The van der Waals surface area contributed by atoms with Crippen molar-refractivity contribution in [3.8, 4) is 0 Å². The van der Waals surface area contributed by atoms with Gasteiger partial charge in [0.1, 0.15) is 12.4 Å². The molecule has 0 unspecified atom stereocenters. The number of halogens is 2. The van der Waals surface area contributed by atoms with Crippen LogP contribution < -0.4 is 5.32 Å². The summed E-state index contributed by atoms with van der Waals surface area (Å²) in [6.45, 7) is 1.55. The number of hydrogen-bond acceptors (Lipinski definition) is 3. The molecule has 0 aliphatic heterocycles. The maximum Gasteiger partial charge on any atom is 0.251 e. The summed E-state index contributed by atoms with van der Waals surface area (Å²) in [5, 5.41) is 3.34. The second-order valence-electron chi connectivity index (χ2n) is 4.37. The molecule has 0 radical (unpaired) electrons. The van der Waals surface area contributed by atoms with Crippen LogP contribution in [0.15, 0.2) is 45.5 Å². The third-order valence-electron chi connectivity index (χ3n) is 2.76. The molecule has 0 saturated heterocycles. The molecular weight excluding hydrogens is 358 g/mol. The van der Waals surface area contributed by atoms with Gasteiger partial charge in [-0.05, 0) is 52.7 Å². The van der Waals surface area contributed by atoms with Crippen LogP contribution in [0.3, 0.4) is 0 Å². The Morgan fingerprint density at radius 3 is 2.95 bits per heavy atom. The van der Waals surface area contributed by atoms with Crippen LogP contribution in [-0.2, 0) is 11.3 Å².